The van der Waals surface area contributed by atoms with Crippen LogP contribution in [0.4, 0.5) is 14.7 Å². The number of benzene rings is 6. The fourth-order valence-electron chi connectivity index (χ4n) is 10.0. The molecule has 19 heteroatoms. The van der Waals surface area contributed by atoms with E-state index in [2.05, 4.69) is 15.0 Å². The number of amides is 2. The zero-order valence-corrected chi connectivity index (χ0v) is 48.4. The Kier molecular flexibility index (Phi) is 18.3. The third-order valence-electron chi connectivity index (χ3n) is 14.0. The molecule has 2 amide bonds. The number of carbonyl (C=O) groups is 2. The molecule has 12 rings (SSSR count). The number of alkyl halides is 1. The number of nitrogen functional groups attached to an aromatic ring is 1. The first-order chi connectivity index (χ1) is 39.4. The number of rotatable bonds is 13. The number of hydrogen-bond acceptors (Lipinski definition) is 11. The van der Waals surface area contributed by atoms with Crippen molar-refractivity contribution in [1.82, 2.24) is 29.3 Å². The van der Waals surface area contributed by atoms with Crippen LogP contribution in [-0.4, -0.2) is 73.7 Å². The highest BCUT2D eigenvalue weighted by Gasteiger charge is 2.37. The van der Waals surface area contributed by atoms with Gasteiger partial charge in [0, 0.05) is 91.9 Å². The van der Waals surface area contributed by atoms with Gasteiger partial charge >= 0.3 is 12.2 Å². The molecule has 14 nitrogen and oxygen atoms in total. The Morgan fingerprint density at radius 1 is 0.642 bits per heavy atom. The number of nitrogens with one attached hydrogen (secondary N) is 3. The molecule has 0 bridgehead atoms. The van der Waals surface area contributed by atoms with Crippen molar-refractivity contribution < 1.29 is 28.5 Å². The molecule has 0 saturated carbocycles. The molecule has 2 aliphatic rings. The third kappa shape index (κ3) is 13.7. The molecule has 5 N–H and O–H groups in total. The first-order valence-electron chi connectivity index (χ1n) is 26.4. The Balaban J connectivity index is 0.000000166. The van der Waals surface area contributed by atoms with E-state index in [0.717, 1.165) is 86.3 Å². The number of hydrogen-bond donors (Lipinski definition) is 4. The second-order valence-corrected chi connectivity index (χ2v) is 22.5. The van der Waals surface area contributed by atoms with Crippen molar-refractivity contribution in [2.24, 2.45) is 0 Å². The van der Waals surface area contributed by atoms with Gasteiger partial charge < -0.3 is 39.2 Å². The Labute approximate surface area is 492 Å². The average Bonchev–Trinajstić information content (AvgIpc) is 4.34. The number of aromatic amines is 2. The normalized spacial score (nSPS) is 14.5. The molecule has 0 spiro atoms. The molecule has 6 aromatic carbocycles. The maximum Gasteiger partial charge on any atom is 0.416 e. The number of carbonyl (C=O) groups excluding carboxylic acids is 2. The van der Waals surface area contributed by atoms with Gasteiger partial charge in [0.15, 0.2) is 9.93 Å². The smallest absolute Gasteiger partial charge is 0.416 e. The summed E-state index contributed by atoms with van der Waals surface area (Å²) in [7, 11) is 0. The van der Waals surface area contributed by atoms with Crippen molar-refractivity contribution in [3.8, 4) is 23.0 Å². The predicted molar refractivity (Wildman–Crippen MR) is 324 cm³/mol. The van der Waals surface area contributed by atoms with E-state index in [-0.39, 0.29) is 18.2 Å². The van der Waals surface area contributed by atoms with Crippen molar-refractivity contribution in [3.63, 3.8) is 0 Å². The molecule has 0 fully saturated rings. The van der Waals surface area contributed by atoms with Crippen LogP contribution in [0.25, 0.3) is 21.8 Å². The number of halogens is 3. The lowest BCUT2D eigenvalue weighted by molar-refractivity contribution is 0.134. The number of fused-ring (bicyclic) bond motifs is 6. The van der Waals surface area contributed by atoms with Crippen molar-refractivity contribution >= 4 is 96.6 Å². The van der Waals surface area contributed by atoms with Crippen LogP contribution in [0.5, 0.6) is 23.0 Å². The van der Waals surface area contributed by atoms with Gasteiger partial charge in [-0.15, -0.1) is 34.3 Å². The quantitative estimate of drug-likeness (QED) is 0.0651. The number of thiazole rings is 2. The minimum absolute atomic E-state index is 0.334. The van der Waals surface area contributed by atoms with Crippen molar-refractivity contribution in [2.45, 2.75) is 58.2 Å². The first kappa shape index (κ1) is 56.5. The lowest BCUT2D eigenvalue weighted by atomic mass is 9.92. The topological polar surface area (TPSA) is 177 Å². The van der Waals surface area contributed by atoms with E-state index < -0.39 is 6.09 Å². The third-order valence-corrected chi connectivity index (χ3v) is 16.0. The summed E-state index contributed by atoms with van der Waals surface area (Å²) in [5.74, 6) is 3.14. The number of nitrogens with two attached hydrogens (primary N) is 1. The Morgan fingerprint density at radius 3 is 1.52 bits per heavy atom. The van der Waals surface area contributed by atoms with Crippen LogP contribution in [0.2, 0.25) is 10.0 Å². The van der Waals surface area contributed by atoms with Gasteiger partial charge in [0.2, 0.25) is 0 Å². The zero-order chi connectivity index (χ0) is 56.4. The Hall–Kier alpha value is -7.73. The molecule has 0 radical (unpaired) electrons. The molecule has 4 aromatic heterocycles. The zero-order valence-electron chi connectivity index (χ0n) is 44.5. The standard InChI is InChI=1S/C31H29ClN4O3S.C28H26Cl2N2O3.C3H4N2S/c1-20-3-8-24(9-4-20)39-31(37)36-15-13-25-26-19-22(32)7-12-27(26)34-28(25)29(36)21-5-10-23(11-6-21)38-17-2-14-35-16-18-40-30(35)33;1-18-3-8-22(9-4-18)35-28(33)32-15-13-23-24-17-20(30)7-12-25(24)31-26(23)27(32)19-5-10-21(11-6-19)34-16-2-14-29;4-3-5-1-2-6-3/h3-12,16,18-19,29,33-34H,2,13-15,17H2,1H3;3-12,17,27,31H,2,13-16H2,1H3;1-2H,(H2,4,5). The lowest BCUT2D eigenvalue weighted by Crippen LogP contribution is -2.42. The predicted octanol–water partition coefficient (Wildman–Crippen LogP) is 15.1. The van der Waals surface area contributed by atoms with E-state index in [1.165, 1.54) is 33.8 Å². The monoisotopic (exact) mass is 1180 g/mol. The number of ether oxygens (including phenoxy) is 4. The summed E-state index contributed by atoms with van der Waals surface area (Å²) in [5, 5.41) is 15.8. The summed E-state index contributed by atoms with van der Waals surface area (Å²) >= 11 is 21.3. The van der Waals surface area contributed by atoms with Crippen LogP contribution in [0.3, 0.4) is 0 Å². The summed E-state index contributed by atoms with van der Waals surface area (Å²) in [6, 6.07) is 41.7. The summed E-state index contributed by atoms with van der Waals surface area (Å²) in [5.41, 5.74) is 15.6. The second-order valence-electron chi connectivity index (χ2n) is 19.5. The molecule has 0 saturated heterocycles. The summed E-state index contributed by atoms with van der Waals surface area (Å²) < 4.78 is 25.2. The van der Waals surface area contributed by atoms with Gasteiger partial charge in [-0.25, -0.2) is 14.6 Å². The molecule has 2 atom stereocenters. The Morgan fingerprint density at radius 2 is 1.11 bits per heavy atom. The van der Waals surface area contributed by atoms with Crippen molar-refractivity contribution in [3.05, 3.63) is 216 Å². The van der Waals surface area contributed by atoms with Crippen molar-refractivity contribution in [2.75, 3.05) is 37.9 Å². The van der Waals surface area contributed by atoms with Gasteiger partial charge in [0.1, 0.15) is 35.1 Å². The van der Waals surface area contributed by atoms with Crippen LogP contribution in [0.1, 0.15) is 69.7 Å². The van der Waals surface area contributed by atoms with Gasteiger partial charge in [-0.3, -0.25) is 15.2 Å². The molecular formula is C62H59Cl3N8O6S2. The number of aryl methyl sites for hydroxylation is 3. The van der Waals surface area contributed by atoms with Gasteiger partial charge in [0.05, 0.1) is 13.2 Å². The van der Waals surface area contributed by atoms with E-state index in [9.17, 15) is 9.59 Å². The van der Waals surface area contributed by atoms with Crippen LogP contribution in [0.15, 0.2) is 157 Å². The van der Waals surface area contributed by atoms with Gasteiger partial charge in [-0.1, -0.05) is 82.9 Å². The van der Waals surface area contributed by atoms with Gasteiger partial charge in [0.25, 0.3) is 0 Å². The van der Waals surface area contributed by atoms with Crippen LogP contribution >= 0.6 is 57.5 Å². The van der Waals surface area contributed by atoms with Gasteiger partial charge in [-0.2, -0.15) is 0 Å². The minimum atomic E-state index is -0.392. The first-order valence-corrected chi connectivity index (χ1v) is 29.5. The maximum atomic E-state index is 13.5. The fourth-order valence-corrected chi connectivity index (χ4v) is 11.5. The number of aromatic nitrogens is 4. The second kappa shape index (κ2) is 26.2. The number of H-pyrrole nitrogens is 2. The molecule has 0 aliphatic carbocycles. The number of nitrogens with zero attached hydrogens (tertiary/aromatic N) is 4. The van der Waals surface area contributed by atoms with E-state index in [4.69, 9.17) is 64.9 Å². The highest BCUT2D eigenvalue weighted by Crippen LogP contribution is 2.42. The van der Waals surface area contributed by atoms with Crippen LogP contribution in [-0.2, 0) is 19.4 Å². The van der Waals surface area contributed by atoms with E-state index in [1.54, 1.807) is 16.0 Å². The SMILES string of the molecule is Cc1ccc(OC(=O)N2CCc3c([nH]c4ccc(Cl)cc34)C2c2ccc(OCCCCl)cc2)cc1.Cc1ccc(OC(=O)N2CCc3c([nH]c4ccc(Cl)cc34)C2c2ccc(OCCCn3ccsc3=N)cc2)cc1.Nc1nccs1. The number of anilines is 1. The summed E-state index contributed by atoms with van der Waals surface area (Å²) in [6.07, 6.45) is 5.81. The largest absolute Gasteiger partial charge is 0.494 e. The fraction of sp³-hybridized carbons (Fsp3) is 0.226. The maximum absolute atomic E-state index is 13.5. The summed E-state index contributed by atoms with van der Waals surface area (Å²) in [4.78, 5) is 41.8. The van der Waals surface area contributed by atoms with E-state index >= 15 is 0 Å². The molecule has 416 valence electrons. The minimum Gasteiger partial charge on any atom is -0.494 e. The van der Waals surface area contributed by atoms with Gasteiger partial charge in [-0.05, 0) is 147 Å². The van der Waals surface area contributed by atoms with E-state index in [1.807, 2.05) is 169 Å². The molecule has 2 unspecified atom stereocenters. The highest BCUT2D eigenvalue weighted by atomic mass is 35.5. The highest BCUT2D eigenvalue weighted by molar-refractivity contribution is 7.13. The molecule has 6 heterocycles. The molecule has 81 heavy (non-hydrogen) atoms. The molecular weight excluding hydrogens is 1120 g/mol. The summed E-state index contributed by atoms with van der Waals surface area (Å²) in [6.45, 7) is 6.89. The molecule has 10 aromatic rings. The van der Waals surface area contributed by atoms with Crippen LogP contribution < -0.4 is 29.5 Å². The molecule has 2 aliphatic heterocycles. The van der Waals surface area contributed by atoms with Crippen LogP contribution in [0, 0.1) is 19.3 Å². The van der Waals surface area contributed by atoms with Crippen molar-refractivity contribution in [1.29, 1.82) is 5.41 Å². The van der Waals surface area contributed by atoms with E-state index in [0.29, 0.717) is 76.5 Å². The Bertz CT molecular complexity index is 3790. The lowest BCUT2D eigenvalue weighted by Gasteiger charge is -2.35. The average molecular weight is 1180 g/mol.